The van der Waals surface area contributed by atoms with Gasteiger partial charge in [0.2, 0.25) is 0 Å². The van der Waals surface area contributed by atoms with E-state index in [-0.39, 0.29) is 5.91 Å². The number of thiophene rings is 1. The standard InChI is InChI=1S/C13H12N2O3S2/c1-18-12(17)10-5-4-9(20-10)11(16)15-13-14-8(6-19-13)7-2-3-7/h4-7H,2-3H2,1H3,(H,14,15,16). The number of rotatable bonds is 4. The third-order valence-electron chi connectivity index (χ3n) is 2.95. The van der Waals surface area contributed by atoms with Gasteiger partial charge in [-0.2, -0.15) is 0 Å². The van der Waals surface area contributed by atoms with Crippen molar-refractivity contribution in [2.45, 2.75) is 18.8 Å². The molecule has 0 unspecified atom stereocenters. The van der Waals surface area contributed by atoms with E-state index in [2.05, 4.69) is 15.0 Å². The molecule has 104 valence electrons. The average Bonchev–Trinajstić information content (AvgIpc) is 3.01. The number of ether oxygens (including phenoxy) is 1. The van der Waals surface area contributed by atoms with Gasteiger partial charge in [-0.25, -0.2) is 9.78 Å². The summed E-state index contributed by atoms with van der Waals surface area (Å²) in [4.78, 5) is 28.7. The summed E-state index contributed by atoms with van der Waals surface area (Å²) in [5, 5.41) is 5.35. The van der Waals surface area contributed by atoms with Crippen molar-refractivity contribution < 1.29 is 14.3 Å². The molecular weight excluding hydrogens is 296 g/mol. The van der Waals surface area contributed by atoms with Crippen LogP contribution in [-0.2, 0) is 4.74 Å². The zero-order valence-electron chi connectivity index (χ0n) is 10.7. The maximum atomic E-state index is 12.0. The van der Waals surface area contributed by atoms with Crippen molar-refractivity contribution in [1.29, 1.82) is 0 Å². The van der Waals surface area contributed by atoms with Gasteiger partial charge in [0.1, 0.15) is 4.88 Å². The van der Waals surface area contributed by atoms with Crippen LogP contribution in [0.25, 0.3) is 0 Å². The molecule has 1 amide bonds. The summed E-state index contributed by atoms with van der Waals surface area (Å²) < 4.78 is 4.61. The van der Waals surface area contributed by atoms with Gasteiger partial charge in [-0.15, -0.1) is 22.7 Å². The number of esters is 1. The van der Waals surface area contributed by atoms with E-state index in [1.54, 1.807) is 12.1 Å². The lowest BCUT2D eigenvalue weighted by molar-refractivity contribution is 0.0606. The number of anilines is 1. The van der Waals surface area contributed by atoms with Gasteiger partial charge in [-0.05, 0) is 25.0 Å². The molecule has 0 radical (unpaired) electrons. The number of aromatic nitrogens is 1. The minimum atomic E-state index is -0.431. The minimum Gasteiger partial charge on any atom is -0.465 e. The Morgan fingerprint density at radius 1 is 1.35 bits per heavy atom. The molecular formula is C13H12N2O3S2. The van der Waals surface area contributed by atoms with E-state index < -0.39 is 5.97 Å². The molecule has 0 aromatic carbocycles. The predicted octanol–water partition coefficient (Wildman–Crippen LogP) is 3.12. The van der Waals surface area contributed by atoms with E-state index in [1.165, 1.54) is 31.3 Å². The number of hydrogen-bond donors (Lipinski definition) is 1. The number of hydrogen-bond acceptors (Lipinski definition) is 6. The average molecular weight is 308 g/mol. The van der Waals surface area contributed by atoms with Crippen molar-refractivity contribution in [1.82, 2.24) is 4.98 Å². The number of nitrogens with one attached hydrogen (secondary N) is 1. The third kappa shape index (κ3) is 2.73. The highest BCUT2D eigenvalue weighted by Gasteiger charge is 2.26. The van der Waals surface area contributed by atoms with Gasteiger partial charge >= 0.3 is 5.97 Å². The first kappa shape index (κ1) is 13.3. The number of amides is 1. The maximum absolute atomic E-state index is 12.0. The van der Waals surface area contributed by atoms with Crippen LogP contribution in [0.15, 0.2) is 17.5 Å². The van der Waals surface area contributed by atoms with Crippen molar-refractivity contribution in [3.8, 4) is 0 Å². The molecule has 2 heterocycles. The van der Waals surface area contributed by atoms with Crippen molar-refractivity contribution in [2.75, 3.05) is 12.4 Å². The number of carbonyl (C=O) groups is 2. The molecule has 0 spiro atoms. The normalized spacial score (nSPS) is 14.1. The molecule has 0 aliphatic heterocycles. The summed E-state index contributed by atoms with van der Waals surface area (Å²) in [5.74, 6) is -0.106. The van der Waals surface area contributed by atoms with Gasteiger partial charge < -0.3 is 4.74 Å². The van der Waals surface area contributed by atoms with Gasteiger partial charge in [0.25, 0.3) is 5.91 Å². The Kier molecular flexibility index (Phi) is 3.54. The predicted molar refractivity (Wildman–Crippen MR) is 77.7 cm³/mol. The van der Waals surface area contributed by atoms with Crippen LogP contribution in [0.1, 0.15) is 43.8 Å². The number of nitrogens with zero attached hydrogens (tertiary/aromatic N) is 1. The Labute approximate surface area is 123 Å². The molecule has 1 saturated carbocycles. The van der Waals surface area contributed by atoms with Crippen LogP contribution in [0, 0.1) is 0 Å². The van der Waals surface area contributed by atoms with Crippen molar-refractivity contribution in [2.24, 2.45) is 0 Å². The summed E-state index contributed by atoms with van der Waals surface area (Å²) >= 11 is 2.54. The molecule has 1 N–H and O–H groups in total. The van der Waals surface area contributed by atoms with E-state index in [4.69, 9.17) is 0 Å². The van der Waals surface area contributed by atoms with Crippen LogP contribution in [0.4, 0.5) is 5.13 Å². The fourth-order valence-electron chi connectivity index (χ4n) is 1.74. The second kappa shape index (κ2) is 5.34. The number of thiazole rings is 1. The second-order valence-electron chi connectivity index (χ2n) is 4.46. The zero-order chi connectivity index (χ0) is 14.1. The van der Waals surface area contributed by atoms with Crippen LogP contribution < -0.4 is 5.32 Å². The topological polar surface area (TPSA) is 68.3 Å². The van der Waals surface area contributed by atoms with Gasteiger partial charge in [0.15, 0.2) is 5.13 Å². The quantitative estimate of drug-likeness (QED) is 0.881. The van der Waals surface area contributed by atoms with Crippen LogP contribution in [0.2, 0.25) is 0 Å². The zero-order valence-corrected chi connectivity index (χ0v) is 12.3. The smallest absolute Gasteiger partial charge is 0.348 e. The van der Waals surface area contributed by atoms with E-state index in [9.17, 15) is 9.59 Å². The maximum Gasteiger partial charge on any atom is 0.348 e. The Hall–Kier alpha value is -1.73. The fraction of sp³-hybridized carbons (Fsp3) is 0.308. The second-order valence-corrected chi connectivity index (χ2v) is 6.40. The molecule has 0 saturated heterocycles. The molecule has 0 atom stereocenters. The first-order valence-corrected chi connectivity index (χ1v) is 7.82. The molecule has 2 aromatic heterocycles. The SMILES string of the molecule is COC(=O)c1ccc(C(=O)Nc2nc(C3CC3)cs2)s1. The molecule has 2 aromatic rings. The first-order chi connectivity index (χ1) is 9.67. The monoisotopic (exact) mass is 308 g/mol. The molecule has 1 aliphatic carbocycles. The largest absolute Gasteiger partial charge is 0.465 e. The van der Waals surface area contributed by atoms with Crippen LogP contribution >= 0.6 is 22.7 Å². The summed E-state index contributed by atoms with van der Waals surface area (Å²) in [7, 11) is 1.32. The Balaban J connectivity index is 1.68. The molecule has 1 aliphatic rings. The molecule has 5 nitrogen and oxygen atoms in total. The Morgan fingerprint density at radius 3 is 2.80 bits per heavy atom. The van der Waals surface area contributed by atoms with Crippen LogP contribution in [0.5, 0.6) is 0 Å². The van der Waals surface area contributed by atoms with Gasteiger partial charge in [-0.3, -0.25) is 10.1 Å². The van der Waals surface area contributed by atoms with E-state index >= 15 is 0 Å². The Morgan fingerprint density at radius 2 is 2.10 bits per heavy atom. The summed E-state index contributed by atoms with van der Waals surface area (Å²) in [5.41, 5.74) is 1.06. The highest BCUT2D eigenvalue weighted by molar-refractivity contribution is 7.16. The van der Waals surface area contributed by atoms with E-state index in [1.807, 2.05) is 5.38 Å². The Bertz CT molecular complexity index is 658. The summed E-state index contributed by atoms with van der Waals surface area (Å²) in [6.07, 6.45) is 2.37. The van der Waals surface area contributed by atoms with E-state index in [0.717, 1.165) is 17.0 Å². The van der Waals surface area contributed by atoms with Crippen molar-refractivity contribution >= 4 is 39.7 Å². The van der Waals surface area contributed by atoms with Gasteiger partial charge in [-0.1, -0.05) is 0 Å². The van der Waals surface area contributed by atoms with E-state index in [0.29, 0.717) is 20.8 Å². The first-order valence-electron chi connectivity index (χ1n) is 6.12. The van der Waals surface area contributed by atoms with Gasteiger partial charge in [0, 0.05) is 11.3 Å². The number of methoxy groups -OCH3 is 1. The lowest BCUT2D eigenvalue weighted by Crippen LogP contribution is -2.09. The minimum absolute atomic E-state index is 0.248. The molecule has 0 bridgehead atoms. The van der Waals surface area contributed by atoms with Crippen molar-refractivity contribution in [3.05, 3.63) is 33.0 Å². The highest BCUT2D eigenvalue weighted by atomic mass is 32.1. The van der Waals surface area contributed by atoms with Crippen LogP contribution in [-0.4, -0.2) is 24.0 Å². The lowest BCUT2D eigenvalue weighted by Gasteiger charge is -1.98. The number of carbonyl (C=O) groups excluding carboxylic acids is 2. The summed E-state index contributed by atoms with van der Waals surface area (Å²) in [6.45, 7) is 0. The lowest BCUT2D eigenvalue weighted by atomic mass is 10.3. The van der Waals surface area contributed by atoms with Crippen molar-refractivity contribution in [3.63, 3.8) is 0 Å². The fourth-order valence-corrected chi connectivity index (χ4v) is 3.35. The molecule has 3 rings (SSSR count). The molecule has 7 heteroatoms. The van der Waals surface area contributed by atoms with Crippen LogP contribution in [0.3, 0.4) is 0 Å². The van der Waals surface area contributed by atoms with Gasteiger partial charge in [0.05, 0.1) is 17.7 Å². The summed E-state index contributed by atoms with van der Waals surface area (Å²) in [6, 6.07) is 3.20. The third-order valence-corrected chi connectivity index (χ3v) is 4.79. The highest BCUT2D eigenvalue weighted by Crippen LogP contribution is 2.40. The molecule has 1 fully saturated rings. The molecule has 20 heavy (non-hydrogen) atoms.